The molecule has 1 atom stereocenters. The SMILES string of the molecule is COc1cccc(CN(C(=O)CN(c2cc(Cl)ccc2Cl)S(=O)(=O)c2ccccc2)[C@@H](Cc2ccccc2)C(=O)NC2CCCC2)c1. The van der Waals surface area contributed by atoms with Gasteiger partial charge < -0.3 is 15.0 Å². The average molecular weight is 695 g/mol. The molecular formula is C36H37Cl2N3O5S. The number of hydrogen-bond acceptors (Lipinski definition) is 5. The van der Waals surface area contributed by atoms with Crippen LogP contribution in [-0.2, 0) is 32.6 Å². The van der Waals surface area contributed by atoms with Gasteiger partial charge in [-0.15, -0.1) is 0 Å². The van der Waals surface area contributed by atoms with Crippen molar-refractivity contribution >= 4 is 50.7 Å². The van der Waals surface area contributed by atoms with E-state index < -0.39 is 28.5 Å². The van der Waals surface area contributed by atoms with E-state index in [1.54, 1.807) is 49.6 Å². The van der Waals surface area contributed by atoms with E-state index >= 15 is 0 Å². The van der Waals surface area contributed by atoms with Gasteiger partial charge in [0.25, 0.3) is 10.0 Å². The number of methoxy groups -OCH3 is 1. The van der Waals surface area contributed by atoms with Gasteiger partial charge in [-0.1, -0.05) is 96.7 Å². The second kappa shape index (κ2) is 15.7. The second-order valence-corrected chi connectivity index (χ2v) is 14.2. The molecule has 0 radical (unpaired) electrons. The molecule has 2 amide bonds. The Bertz CT molecular complexity index is 1790. The van der Waals surface area contributed by atoms with Crippen molar-refractivity contribution in [3.05, 3.63) is 124 Å². The third-order valence-electron chi connectivity index (χ3n) is 8.25. The summed E-state index contributed by atoms with van der Waals surface area (Å²) in [4.78, 5) is 30.2. The molecule has 1 aliphatic rings. The van der Waals surface area contributed by atoms with Gasteiger partial charge in [0.1, 0.15) is 18.3 Å². The quantitative estimate of drug-likeness (QED) is 0.164. The predicted molar refractivity (Wildman–Crippen MR) is 185 cm³/mol. The Morgan fingerprint density at radius 2 is 1.53 bits per heavy atom. The summed E-state index contributed by atoms with van der Waals surface area (Å²) in [7, 11) is -2.75. The Hall–Kier alpha value is -4.05. The van der Waals surface area contributed by atoms with E-state index in [0.717, 1.165) is 35.6 Å². The average Bonchev–Trinajstić information content (AvgIpc) is 3.60. The highest BCUT2D eigenvalue weighted by atomic mass is 35.5. The van der Waals surface area contributed by atoms with Crippen molar-refractivity contribution in [3.8, 4) is 5.75 Å². The second-order valence-electron chi connectivity index (χ2n) is 11.5. The van der Waals surface area contributed by atoms with Crippen LogP contribution in [0.15, 0.2) is 108 Å². The normalized spacial score (nSPS) is 13.9. The molecule has 0 aliphatic heterocycles. The van der Waals surface area contributed by atoms with E-state index in [2.05, 4.69) is 5.32 Å². The van der Waals surface area contributed by atoms with Gasteiger partial charge in [-0.2, -0.15) is 0 Å². The number of carbonyl (C=O) groups is 2. The van der Waals surface area contributed by atoms with Crippen LogP contribution in [0.5, 0.6) is 5.75 Å². The van der Waals surface area contributed by atoms with Gasteiger partial charge in [-0.3, -0.25) is 13.9 Å². The van der Waals surface area contributed by atoms with Crippen molar-refractivity contribution in [2.24, 2.45) is 0 Å². The summed E-state index contributed by atoms with van der Waals surface area (Å²) in [5, 5.41) is 3.52. The summed E-state index contributed by atoms with van der Waals surface area (Å²) in [6, 6.07) is 28.0. The van der Waals surface area contributed by atoms with Crippen molar-refractivity contribution in [2.45, 2.75) is 55.6 Å². The van der Waals surface area contributed by atoms with Crippen LogP contribution < -0.4 is 14.4 Å². The minimum atomic E-state index is -4.31. The third kappa shape index (κ3) is 8.66. The van der Waals surface area contributed by atoms with Gasteiger partial charge in [-0.25, -0.2) is 8.42 Å². The van der Waals surface area contributed by atoms with Crippen LogP contribution in [0.4, 0.5) is 5.69 Å². The zero-order valence-corrected chi connectivity index (χ0v) is 28.3. The van der Waals surface area contributed by atoms with E-state index in [1.807, 2.05) is 36.4 Å². The molecule has 0 heterocycles. The van der Waals surface area contributed by atoms with Crippen molar-refractivity contribution in [1.29, 1.82) is 0 Å². The van der Waals surface area contributed by atoms with Gasteiger partial charge in [-0.05, 0) is 66.4 Å². The van der Waals surface area contributed by atoms with Gasteiger partial charge in [0.15, 0.2) is 0 Å². The van der Waals surface area contributed by atoms with Crippen LogP contribution in [-0.4, -0.2) is 50.9 Å². The van der Waals surface area contributed by atoms with E-state index in [0.29, 0.717) is 11.3 Å². The summed E-state index contributed by atoms with van der Waals surface area (Å²) in [6.45, 7) is -0.614. The molecule has 0 saturated heterocycles. The molecule has 0 unspecified atom stereocenters. The fourth-order valence-corrected chi connectivity index (χ4v) is 7.68. The molecule has 0 bridgehead atoms. The molecule has 8 nitrogen and oxygen atoms in total. The van der Waals surface area contributed by atoms with Crippen LogP contribution in [0, 0.1) is 0 Å². The van der Waals surface area contributed by atoms with Gasteiger partial charge in [0, 0.05) is 24.0 Å². The number of anilines is 1. The van der Waals surface area contributed by atoms with Gasteiger partial charge >= 0.3 is 0 Å². The predicted octanol–water partition coefficient (Wildman–Crippen LogP) is 6.90. The summed E-state index contributed by atoms with van der Waals surface area (Å²) >= 11 is 12.9. The van der Waals surface area contributed by atoms with E-state index in [1.165, 1.54) is 29.2 Å². The van der Waals surface area contributed by atoms with Crippen molar-refractivity contribution in [3.63, 3.8) is 0 Å². The van der Waals surface area contributed by atoms with Crippen molar-refractivity contribution in [2.75, 3.05) is 18.0 Å². The topological polar surface area (TPSA) is 96.0 Å². The molecule has 4 aromatic carbocycles. The number of carbonyl (C=O) groups excluding carboxylic acids is 2. The van der Waals surface area contributed by atoms with Crippen LogP contribution in [0.1, 0.15) is 36.8 Å². The molecule has 0 aromatic heterocycles. The number of rotatable bonds is 13. The highest BCUT2D eigenvalue weighted by molar-refractivity contribution is 7.92. The zero-order chi connectivity index (χ0) is 33.4. The molecule has 4 aromatic rings. The zero-order valence-electron chi connectivity index (χ0n) is 26.0. The summed E-state index contributed by atoms with van der Waals surface area (Å²) in [5.74, 6) is -0.301. The smallest absolute Gasteiger partial charge is 0.264 e. The van der Waals surface area contributed by atoms with Crippen molar-refractivity contribution in [1.82, 2.24) is 10.2 Å². The van der Waals surface area contributed by atoms with Crippen LogP contribution in [0.3, 0.4) is 0 Å². The molecule has 1 fully saturated rings. The molecule has 1 saturated carbocycles. The monoisotopic (exact) mass is 693 g/mol. The molecule has 11 heteroatoms. The molecule has 1 N–H and O–H groups in total. The first kappa shape index (κ1) is 34.3. The van der Waals surface area contributed by atoms with Crippen LogP contribution in [0.25, 0.3) is 0 Å². The summed E-state index contributed by atoms with van der Waals surface area (Å²) in [6.07, 6.45) is 3.99. The van der Waals surface area contributed by atoms with E-state index in [4.69, 9.17) is 27.9 Å². The first-order chi connectivity index (χ1) is 22.7. The maximum Gasteiger partial charge on any atom is 0.264 e. The molecule has 5 rings (SSSR count). The van der Waals surface area contributed by atoms with Gasteiger partial charge in [0.2, 0.25) is 11.8 Å². The molecular weight excluding hydrogens is 657 g/mol. The number of hydrogen-bond donors (Lipinski definition) is 1. The Morgan fingerprint density at radius 1 is 0.872 bits per heavy atom. The van der Waals surface area contributed by atoms with Crippen LogP contribution in [0.2, 0.25) is 10.0 Å². The lowest BCUT2D eigenvalue weighted by Gasteiger charge is -2.34. The van der Waals surface area contributed by atoms with Gasteiger partial charge in [0.05, 0.1) is 22.7 Å². The number of amides is 2. The number of nitrogens with zero attached hydrogens (tertiary/aromatic N) is 2. The maximum atomic E-state index is 14.7. The first-order valence-corrected chi connectivity index (χ1v) is 17.6. The molecule has 0 spiro atoms. The lowest BCUT2D eigenvalue weighted by molar-refractivity contribution is -0.140. The number of benzene rings is 4. The highest BCUT2D eigenvalue weighted by Crippen LogP contribution is 2.33. The standard InChI is InChI=1S/C36H37Cl2N3O5S/c1-46-30-16-10-13-27(21-30)24-40(34(22-26-11-4-2-5-12-26)36(43)39-29-14-8-9-15-29)35(42)25-41(33-23-28(37)19-20-32(33)38)47(44,45)31-17-6-3-7-18-31/h2-7,10-13,16-21,23,29,34H,8-9,14-15,22,24-25H2,1H3,(H,39,43)/t34-/m0/s1. The highest BCUT2D eigenvalue weighted by Gasteiger charge is 2.36. The van der Waals surface area contributed by atoms with E-state index in [9.17, 15) is 18.0 Å². The minimum Gasteiger partial charge on any atom is -0.497 e. The third-order valence-corrected chi connectivity index (χ3v) is 10.6. The van der Waals surface area contributed by atoms with E-state index in [-0.39, 0.29) is 45.5 Å². The number of halogens is 2. The minimum absolute atomic E-state index is 0.00905. The fourth-order valence-electron chi connectivity index (χ4n) is 5.80. The lowest BCUT2D eigenvalue weighted by atomic mass is 10.0. The summed E-state index contributed by atoms with van der Waals surface area (Å²) < 4.78 is 34.8. The van der Waals surface area contributed by atoms with Crippen molar-refractivity contribution < 1.29 is 22.7 Å². The number of ether oxygens (including phenoxy) is 1. The Balaban J connectivity index is 1.59. The number of nitrogens with one attached hydrogen (secondary N) is 1. The first-order valence-electron chi connectivity index (χ1n) is 15.5. The molecule has 1 aliphatic carbocycles. The Labute approximate surface area is 286 Å². The fraction of sp³-hybridized carbons (Fsp3) is 0.278. The Kier molecular flexibility index (Phi) is 11.4. The summed E-state index contributed by atoms with van der Waals surface area (Å²) in [5.41, 5.74) is 1.62. The largest absolute Gasteiger partial charge is 0.497 e. The molecule has 246 valence electrons. The van der Waals surface area contributed by atoms with Crippen LogP contribution >= 0.6 is 23.2 Å². The number of sulfonamides is 1. The Morgan fingerprint density at radius 3 is 2.21 bits per heavy atom. The maximum absolute atomic E-state index is 14.7. The lowest BCUT2D eigenvalue weighted by Crippen LogP contribution is -2.54. The molecule has 47 heavy (non-hydrogen) atoms.